The van der Waals surface area contributed by atoms with Crippen LogP contribution in [0, 0.1) is 17.2 Å². The fraction of sp³-hybridized carbons (Fsp3) is 0.471. The average molecular weight is 306 g/mol. The van der Waals surface area contributed by atoms with E-state index in [0.717, 1.165) is 28.9 Å². The summed E-state index contributed by atoms with van der Waals surface area (Å²) in [7, 11) is 0. The zero-order valence-electron chi connectivity index (χ0n) is 12.9. The maximum atomic E-state index is 9.18. The molecular weight excluding hydrogens is 288 g/mol. The summed E-state index contributed by atoms with van der Waals surface area (Å²) in [6, 6.07) is 2.50. The summed E-state index contributed by atoms with van der Waals surface area (Å²) in [5, 5.41) is 21.9. The molecule has 1 aliphatic carbocycles. The second-order valence-electron chi connectivity index (χ2n) is 6.25. The zero-order chi connectivity index (χ0) is 15.6. The minimum absolute atomic E-state index is 0.169. The summed E-state index contributed by atoms with van der Waals surface area (Å²) in [6.07, 6.45) is 13.7. The van der Waals surface area contributed by atoms with Crippen molar-refractivity contribution >= 4 is 11.9 Å². The molecule has 6 heteroatoms. The monoisotopic (exact) mass is 306 g/mol. The molecule has 0 saturated heterocycles. The third-order valence-corrected chi connectivity index (χ3v) is 4.90. The molecule has 1 atom stereocenters. The van der Waals surface area contributed by atoms with Crippen LogP contribution in [0.5, 0.6) is 0 Å². The Hall–Kier alpha value is -2.55. The highest BCUT2D eigenvalue weighted by Crippen LogP contribution is 2.38. The molecule has 0 N–H and O–H groups in total. The van der Waals surface area contributed by atoms with Crippen molar-refractivity contribution in [2.75, 3.05) is 0 Å². The Morgan fingerprint density at radius 1 is 1.30 bits per heavy atom. The quantitative estimate of drug-likeness (QED) is 0.868. The van der Waals surface area contributed by atoms with E-state index in [-0.39, 0.29) is 6.04 Å². The Morgan fingerprint density at radius 3 is 3.00 bits per heavy atom. The van der Waals surface area contributed by atoms with Gasteiger partial charge in [-0.2, -0.15) is 20.6 Å². The van der Waals surface area contributed by atoms with Gasteiger partial charge in [0.2, 0.25) is 0 Å². The van der Waals surface area contributed by atoms with Gasteiger partial charge in [-0.05, 0) is 18.8 Å². The predicted octanol–water partition coefficient (Wildman–Crippen LogP) is 3.24. The number of fused-ring (bicyclic) bond motifs is 1. The van der Waals surface area contributed by atoms with Crippen molar-refractivity contribution in [3.8, 4) is 17.2 Å². The molecule has 2 aliphatic rings. The lowest BCUT2D eigenvalue weighted by molar-refractivity contribution is 0.315. The molecule has 4 rings (SSSR count). The van der Waals surface area contributed by atoms with Gasteiger partial charge < -0.3 is 0 Å². The van der Waals surface area contributed by atoms with E-state index < -0.39 is 0 Å². The number of nitriles is 1. The Kier molecular flexibility index (Phi) is 3.62. The number of aromatic nitrogens is 4. The zero-order valence-corrected chi connectivity index (χ0v) is 12.9. The van der Waals surface area contributed by atoms with E-state index >= 15 is 0 Å². The van der Waals surface area contributed by atoms with Crippen LogP contribution in [0.3, 0.4) is 0 Å². The number of hydrogen-bond acceptors (Lipinski definition) is 5. The predicted molar refractivity (Wildman–Crippen MR) is 86.3 cm³/mol. The summed E-state index contributed by atoms with van der Waals surface area (Å²) in [4.78, 5) is 4.43. The summed E-state index contributed by atoms with van der Waals surface area (Å²) in [6.45, 7) is 0. The van der Waals surface area contributed by atoms with Crippen LogP contribution >= 0.6 is 0 Å². The van der Waals surface area contributed by atoms with Crippen molar-refractivity contribution in [1.82, 2.24) is 20.0 Å². The molecular formula is C17H18N6. The van der Waals surface area contributed by atoms with Crippen molar-refractivity contribution in [2.45, 2.75) is 44.6 Å². The maximum absolute atomic E-state index is 9.18. The highest BCUT2D eigenvalue weighted by atomic mass is 15.3. The minimum Gasteiger partial charge on any atom is -0.268 e. The van der Waals surface area contributed by atoms with E-state index in [4.69, 9.17) is 0 Å². The molecule has 0 radical (unpaired) electrons. The molecule has 6 nitrogen and oxygen atoms in total. The van der Waals surface area contributed by atoms with Gasteiger partial charge in [0, 0.05) is 30.0 Å². The molecule has 1 aliphatic heterocycles. The molecule has 3 heterocycles. The fourth-order valence-electron chi connectivity index (χ4n) is 3.71. The normalized spacial score (nSPS) is 18.0. The molecule has 1 fully saturated rings. The van der Waals surface area contributed by atoms with Gasteiger partial charge >= 0.3 is 0 Å². The van der Waals surface area contributed by atoms with E-state index in [1.807, 2.05) is 23.3 Å². The van der Waals surface area contributed by atoms with Crippen molar-refractivity contribution in [3.05, 3.63) is 24.3 Å². The molecule has 0 aromatic carbocycles. The molecule has 116 valence electrons. The highest BCUT2D eigenvalue weighted by Gasteiger charge is 2.27. The number of aliphatic imine (C=N–C) groups is 1. The van der Waals surface area contributed by atoms with Gasteiger partial charge in [-0.15, -0.1) is 0 Å². The highest BCUT2D eigenvalue weighted by molar-refractivity contribution is 5.84. The van der Waals surface area contributed by atoms with Gasteiger partial charge in [-0.3, -0.25) is 9.67 Å². The largest absolute Gasteiger partial charge is 0.268 e. The Bertz CT molecular complexity index is 779. The number of hydrogen-bond donors (Lipinski definition) is 0. The van der Waals surface area contributed by atoms with Crippen LogP contribution in [0.15, 0.2) is 23.6 Å². The van der Waals surface area contributed by atoms with E-state index in [1.165, 1.54) is 25.7 Å². The van der Waals surface area contributed by atoms with E-state index in [1.54, 1.807) is 6.20 Å². The van der Waals surface area contributed by atoms with Crippen molar-refractivity contribution in [1.29, 1.82) is 5.26 Å². The Labute approximate surface area is 134 Å². The van der Waals surface area contributed by atoms with Crippen molar-refractivity contribution < 1.29 is 0 Å². The first-order chi connectivity index (χ1) is 11.4. The molecule has 2 aromatic rings. The summed E-state index contributed by atoms with van der Waals surface area (Å²) < 4.78 is 1.97. The van der Waals surface area contributed by atoms with Crippen LogP contribution in [0.4, 0.5) is 5.69 Å². The van der Waals surface area contributed by atoms with Crippen molar-refractivity contribution in [3.63, 3.8) is 0 Å². The minimum atomic E-state index is 0.169. The van der Waals surface area contributed by atoms with E-state index in [0.29, 0.717) is 12.3 Å². The van der Waals surface area contributed by atoms with E-state index in [9.17, 15) is 5.26 Å². The van der Waals surface area contributed by atoms with Crippen LogP contribution in [0.2, 0.25) is 0 Å². The lowest BCUT2D eigenvalue weighted by Gasteiger charge is -2.21. The third-order valence-electron chi connectivity index (χ3n) is 4.90. The van der Waals surface area contributed by atoms with Crippen molar-refractivity contribution in [2.24, 2.45) is 10.9 Å². The van der Waals surface area contributed by atoms with Gasteiger partial charge in [0.25, 0.3) is 0 Å². The lowest BCUT2D eigenvalue weighted by atomic mass is 9.96. The van der Waals surface area contributed by atoms with Crippen LogP contribution in [-0.2, 0) is 6.42 Å². The molecule has 0 spiro atoms. The second kappa shape index (κ2) is 5.92. The number of rotatable bonds is 4. The van der Waals surface area contributed by atoms with Crippen LogP contribution in [0.25, 0.3) is 11.1 Å². The number of nitrogens with zero attached hydrogens (tertiary/aromatic N) is 6. The first-order valence-corrected chi connectivity index (χ1v) is 8.15. The lowest BCUT2D eigenvalue weighted by Crippen LogP contribution is -2.17. The summed E-state index contributed by atoms with van der Waals surface area (Å²) >= 11 is 0. The van der Waals surface area contributed by atoms with Gasteiger partial charge in [0.05, 0.1) is 42.3 Å². The molecule has 2 aromatic heterocycles. The van der Waals surface area contributed by atoms with Gasteiger partial charge in [0.15, 0.2) is 0 Å². The third kappa shape index (κ3) is 2.52. The molecule has 0 unspecified atom stereocenters. The maximum Gasteiger partial charge on any atom is 0.0958 e. The Morgan fingerprint density at radius 2 is 2.17 bits per heavy atom. The molecule has 23 heavy (non-hydrogen) atoms. The van der Waals surface area contributed by atoms with Gasteiger partial charge in [0.1, 0.15) is 0 Å². The SMILES string of the molecule is N#CC[C@H](C1CCCC1)n1cc(-c2cnnc3c2N=CC3)cn1. The van der Waals surface area contributed by atoms with Crippen LogP contribution in [0.1, 0.15) is 43.8 Å². The topological polar surface area (TPSA) is 79.8 Å². The van der Waals surface area contributed by atoms with Crippen LogP contribution in [-0.4, -0.2) is 26.2 Å². The standard InChI is InChI=1S/C17H18N6/c18-7-5-16(12-3-1-2-4-12)23-11-13(9-21-23)14-10-20-22-15-6-8-19-17(14)15/h8-12,16H,1-6H2/t16-/m1/s1. The average Bonchev–Trinajstić information content (AvgIpc) is 3.32. The van der Waals surface area contributed by atoms with Gasteiger partial charge in [-0.25, -0.2) is 0 Å². The summed E-state index contributed by atoms with van der Waals surface area (Å²) in [5.74, 6) is 0.557. The summed E-state index contributed by atoms with van der Waals surface area (Å²) in [5.41, 5.74) is 3.78. The Balaban J connectivity index is 1.67. The van der Waals surface area contributed by atoms with E-state index in [2.05, 4.69) is 26.4 Å². The molecule has 1 saturated carbocycles. The molecule has 0 bridgehead atoms. The second-order valence-corrected chi connectivity index (χ2v) is 6.25. The first kappa shape index (κ1) is 14.1. The first-order valence-electron chi connectivity index (χ1n) is 8.15. The fourth-order valence-corrected chi connectivity index (χ4v) is 3.71. The molecule has 0 amide bonds. The smallest absolute Gasteiger partial charge is 0.0958 e. The van der Waals surface area contributed by atoms with Gasteiger partial charge in [-0.1, -0.05) is 12.8 Å². The van der Waals surface area contributed by atoms with Crippen LogP contribution < -0.4 is 0 Å².